The van der Waals surface area contributed by atoms with E-state index in [1.807, 2.05) is 45.9 Å². The number of hydrogen-bond acceptors (Lipinski definition) is 15. The molecule has 7 aliphatic heterocycles. The van der Waals surface area contributed by atoms with Gasteiger partial charge < -0.3 is 24.6 Å². The number of azide groups is 1. The quantitative estimate of drug-likeness (QED) is 0.0358. The minimum absolute atomic E-state index is 0.0360. The van der Waals surface area contributed by atoms with Crippen LogP contribution in [-0.2, 0) is 33.4 Å². The first-order valence-corrected chi connectivity index (χ1v) is 21.2. The average Bonchev–Trinajstić information content (AvgIpc) is 3.95. The normalized spacial score (nSPS) is 23.1. The van der Waals surface area contributed by atoms with Crippen LogP contribution < -0.4 is 10.8 Å². The maximum atomic E-state index is 15.0. The van der Waals surface area contributed by atoms with Gasteiger partial charge in [-0.2, -0.15) is 0 Å². The lowest BCUT2D eigenvalue weighted by atomic mass is 9.83. The van der Waals surface area contributed by atoms with Gasteiger partial charge in [-0.25, -0.2) is 15.0 Å². The van der Waals surface area contributed by atoms with E-state index in [1.165, 1.54) is 4.90 Å². The number of aliphatic imine (C=N–C) groups is 3. The van der Waals surface area contributed by atoms with Gasteiger partial charge in [-0.15, -0.1) is 0 Å². The zero-order valence-corrected chi connectivity index (χ0v) is 36.0. The molecule has 18 nitrogen and oxygen atoms in total. The Morgan fingerprint density at radius 2 is 1.76 bits per heavy atom. The smallest absolute Gasteiger partial charge is 0.305 e. The first-order valence-electron chi connectivity index (χ1n) is 21.2. The van der Waals surface area contributed by atoms with E-state index in [-0.39, 0.29) is 64.4 Å². The van der Waals surface area contributed by atoms with Crippen molar-refractivity contribution < 1.29 is 38.5 Å². The number of morpholine rings is 1. The largest absolute Gasteiger partial charge is 0.463 e. The van der Waals surface area contributed by atoms with Gasteiger partial charge in [0.25, 0.3) is 11.8 Å². The van der Waals surface area contributed by atoms with Crippen molar-refractivity contribution >= 4 is 34.9 Å². The molecule has 328 valence electrons. The summed E-state index contributed by atoms with van der Waals surface area (Å²) >= 11 is 0. The molecular weight excluding hydrogens is 797 g/mol. The SMILES string of the molecule is CCC1=C(C)C2=CC3=NC(=C(C)/C3=C\NOCCOCCN=[N+]=[N-])C=C3NC(=C4C(=O)N(CCN5CCOCC5)C(=O)C5=C(C)C(=CC1=N2)N=C54)[C@@H](CCC(=O)OCCO)[C@@H]3C. The lowest BCUT2D eigenvalue weighted by Crippen LogP contribution is -2.51. The number of aliphatic hydroxyl groups excluding tert-OH is 1. The van der Waals surface area contributed by atoms with Crippen molar-refractivity contribution in [2.75, 3.05) is 79.0 Å². The fourth-order valence-electron chi connectivity index (χ4n) is 8.56. The van der Waals surface area contributed by atoms with Gasteiger partial charge in [0.2, 0.25) is 0 Å². The van der Waals surface area contributed by atoms with E-state index in [1.54, 1.807) is 6.20 Å². The van der Waals surface area contributed by atoms with Crippen LogP contribution in [0.4, 0.5) is 0 Å². The van der Waals surface area contributed by atoms with Gasteiger partial charge in [0.05, 0.1) is 85.0 Å². The van der Waals surface area contributed by atoms with E-state index in [0.717, 1.165) is 33.7 Å². The second kappa shape index (κ2) is 20.0. The van der Waals surface area contributed by atoms with Gasteiger partial charge in [0.1, 0.15) is 6.61 Å². The molecular formula is C44H54N10O8. The zero-order chi connectivity index (χ0) is 43.9. The Bertz CT molecular complexity index is 2300. The van der Waals surface area contributed by atoms with Gasteiger partial charge in [-0.1, -0.05) is 19.0 Å². The Morgan fingerprint density at radius 1 is 1.00 bits per heavy atom. The average molecular weight is 851 g/mol. The summed E-state index contributed by atoms with van der Waals surface area (Å²) in [5.41, 5.74) is 21.3. The van der Waals surface area contributed by atoms with E-state index < -0.39 is 17.8 Å². The number of piperidine rings is 1. The highest BCUT2D eigenvalue weighted by molar-refractivity contribution is 6.45. The Hall–Kier alpha value is -5.75. The lowest BCUT2D eigenvalue weighted by Gasteiger charge is -2.33. The number of amides is 2. The topological polar surface area (TPSA) is 225 Å². The van der Waals surface area contributed by atoms with E-state index in [4.69, 9.17) is 39.6 Å². The van der Waals surface area contributed by atoms with Crippen LogP contribution in [0.3, 0.4) is 0 Å². The summed E-state index contributed by atoms with van der Waals surface area (Å²) in [5, 5.41) is 16.4. The maximum Gasteiger partial charge on any atom is 0.305 e. The number of likely N-dealkylation sites (tertiary alicyclic amines) is 1. The number of nitrogens with one attached hydrogen (secondary N) is 2. The molecule has 7 heterocycles. The van der Waals surface area contributed by atoms with Crippen molar-refractivity contribution in [3.63, 3.8) is 0 Å². The molecule has 7 aliphatic rings. The van der Waals surface area contributed by atoms with E-state index in [2.05, 4.69) is 32.6 Å². The van der Waals surface area contributed by atoms with E-state index >= 15 is 0 Å². The molecule has 3 saturated heterocycles. The molecule has 3 fully saturated rings. The fraction of sp³-hybridized carbons (Fsp3) is 0.500. The second-order valence-electron chi connectivity index (χ2n) is 15.7. The monoisotopic (exact) mass is 850 g/mol. The van der Waals surface area contributed by atoms with Crippen LogP contribution in [0.1, 0.15) is 53.9 Å². The molecule has 2 atom stereocenters. The molecule has 8 bridgehead atoms. The predicted molar refractivity (Wildman–Crippen MR) is 231 cm³/mol. The number of hydrogen-bond donors (Lipinski definition) is 3. The molecule has 3 N–H and O–H groups in total. The number of esters is 1. The van der Waals surface area contributed by atoms with Crippen molar-refractivity contribution in [2.24, 2.45) is 31.9 Å². The lowest BCUT2D eigenvalue weighted by molar-refractivity contribution is -0.145. The minimum Gasteiger partial charge on any atom is -0.463 e. The van der Waals surface area contributed by atoms with Crippen molar-refractivity contribution in [1.29, 1.82) is 0 Å². The molecule has 7 rings (SSSR count). The molecule has 0 aromatic rings. The van der Waals surface area contributed by atoms with Crippen LogP contribution in [0, 0.1) is 11.8 Å². The van der Waals surface area contributed by atoms with Crippen molar-refractivity contribution in [2.45, 2.75) is 53.9 Å². The van der Waals surface area contributed by atoms with Crippen LogP contribution >= 0.6 is 0 Å². The summed E-state index contributed by atoms with van der Waals surface area (Å²) in [6, 6.07) is 0. The van der Waals surface area contributed by atoms with Crippen LogP contribution in [0.5, 0.6) is 0 Å². The molecule has 0 aliphatic carbocycles. The maximum absolute atomic E-state index is 15.0. The fourth-order valence-corrected chi connectivity index (χ4v) is 8.56. The number of rotatable bonds is 17. The van der Waals surface area contributed by atoms with Crippen molar-refractivity contribution in [3.05, 3.63) is 102 Å². The number of imide groups is 1. The summed E-state index contributed by atoms with van der Waals surface area (Å²) in [4.78, 5) is 69.6. The molecule has 0 aromatic carbocycles. The van der Waals surface area contributed by atoms with Crippen LogP contribution in [0.25, 0.3) is 10.4 Å². The Balaban J connectivity index is 1.34. The van der Waals surface area contributed by atoms with Gasteiger partial charge in [0.15, 0.2) is 0 Å². The second-order valence-corrected chi connectivity index (χ2v) is 15.7. The van der Waals surface area contributed by atoms with Crippen LogP contribution in [0.2, 0.25) is 0 Å². The highest BCUT2D eigenvalue weighted by atomic mass is 16.7. The van der Waals surface area contributed by atoms with E-state index in [0.29, 0.717) is 96.6 Å². The standard InChI is InChI=1S/C44H54N10O8/c1-6-29-25(2)33-22-37-31(24-47-62-20-19-59-15-9-46-52-45)27(4)32(49-37)21-34-26(3)30(7-8-38(56)61-18-14-55)41(50-34)40-42-39(28(5)35(51-42)23-36(29)48-33)43(57)54(44(40)58)11-10-53-12-16-60-17-13-53/h21-24,26,30,47,50,55H,6-20H2,1-5H3/b31-24+,33-22?,34-21?,35-23?,41-40?/t26-,30-/m0/s1. The third-order valence-electron chi connectivity index (χ3n) is 12.1. The first kappa shape index (κ1) is 44.3. The Kier molecular flexibility index (Phi) is 14.3. The van der Waals surface area contributed by atoms with Crippen molar-refractivity contribution in [1.82, 2.24) is 20.6 Å². The number of ether oxygens (including phenoxy) is 3. The first-order chi connectivity index (χ1) is 30.1. The number of nitrogens with zero attached hydrogens (tertiary/aromatic N) is 8. The van der Waals surface area contributed by atoms with Crippen LogP contribution in [0.15, 0.2) is 112 Å². The van der Waals surface area contributed by atoms with Gasteiger partial charge >= 0.3 is 5.97 Å². The molecule has 18 heteroatoms. The molecule has 0 unspecified atom stereocenters. The Labute approximate surface area is 360 Å². The Morgan fingerprint density at radius 3 is 2.52 bits per heavy atom. The highest BCUT2D eigenvalue weighted by Crippen LogP contribution is 2.44. The summed E-state index contributed by atoms with van der Waals surface area (Å²) in [6.45, 7) is 13.9. The molecule has 0 aromatic heterocycles. The molecule has 2 amide bonds. The number of hydroxylamine groups is 1. The number of carbonyl (C=O) groups excluding carboxylic acids is 3. The minimum atomic E-state index is -0.463. The van der Waals surface area contributed by atoms with Crippen LogP contribution in [-0.4, -0.2) is 129 Å². The van der Waals surface area contributed by atoms with E-state index in [9.17, 15) is 19.5 Å². The number of fused-ring (bicyclic) bond motifs is 5. The highest BCUT2D eigenvalue weighted by Gasteiger charge is 2.47. The predicted octanol–water partition coefficient (Wildman–Crippen LogP) is 4.19. The molecule has 62 heavy (non-hydrogen) atoms. The third-order valence-corrected chi connectivity index (χ3v) is 12.1. The molecule has 0 spiro atoms. The van der Waals surface area contributed by atoms with Gasteiger partial charge in [0, 0.05) is 79.1 Å². The molecule has 0 radical (unpaired) electrons. The van der Waals surface area contributed by atoms with Crippen molar-refractivity contribution in [3.8, 4) is 0 Å². The molecule has 0 saturated carbocycles. The zero-order valence-electron chi connectivity index (χ0n) is 36.0. The summed E-state index contributed by atoms with van der Waals surface area (Å²) < 4.78 is 16.2. The number of carbonyl (C=O) groups is 3. The summed E-state index contributed by atoms with van der Waals surface area (Å²) in [6.07, 6.45) is 8.62. The van der Waals surface area contributed by atoms with Gasteiger partial charge in [-0.3, -0.25) is 34.5 Å². The summed E-state index contributed by atoms with van der Waals surface area (Å²) in [7, 11) is 0. The van der Waals surface area contributed by atoms with Gasteiger partial charge in [-0.05, 0) is 79.7 Å². The third kappa shape index (κ3) is 9.21. The summed E-state index contributed by atoms with van der Waals surface area (Å²) in [5.74, 6) is -1.92. The number of allylic oxidation sites excluding steroid dienone is 10. The number of aliphatic hydroxyl groups is 1.